The lowest BCUT2D eigenvalue weighted by molar-refractivity contribution is -0.139. The number of hydrogen-bond donors (Lipinski definition) is 0. The highest BCUT2D eigenvalue weighted by Gasteiger charge is 2.08. The Bertz CT molecular complexity index is 325. The maximum atomic E-state index is 12.9. The number of halogens is 1. The van der Waals surface area contributed by atoms with E-state index < -0.39 is 5.95 Å². The zero-order valence-electron chi connectivity index (χ0n) is 7.50. The van der Waals surface area contributed by atoms with Crippen LogP contribution < -0.4 is 0 Å². The van der Waals surface area contributed by atoms with Crippen LogP contribution in [0.3, 0.4) is 0 Å². The van der Waals surface area contributed by atoms with Gasteiger partial charge < -0.3 is 4.74 Å². The van der Waals surface area contributed by atoms with Crippen LogP contribution in [0.25, 0.3) is 0 Å². The van der Waals surface area contributed by atoms with Gasteiger partial charge in [-0.15, -0.1) is 0 Å². The van der Waals surface area contributed by atoms with Crippen molar-refractivity contribution in [2.24, 2.45) is 0 Å². The average Bonchev–Trinajstić information content (AvgIpc) is 2.13. The number of esters is 1. The zero-order chi connectivity index (χ0) is 9.84. The number of methoxy groups -OCH3 is 1. The molecule has 0 saturated carbocycles. The van der Waals surface area contributed by atoms with E-state index in [1.165, 1.54) is 13.3 Å². The number of carbonyl (C=O) groups is 1. The number of aromatic nitrogens is 1. The average molecular weight is 183 g/mol. The van der Waals surface area contributed by atoms with Crippen LogP contribution in [-0.2, 0) is 16.0 Å². The highest BCUT2D eigenvalue weighted by Crippen LogP contribution is 2.10. The minimum absolute atomic E-state index is 0.0851. The highest BCUT2D eigenvalue weighted by molar-refractivity contribution is 5.72. The standard InChI is InChI=1S/C9H10FNO2/c1-6-7(5-8(12)13-2)3-4-11-9(6)10/h3-4H,5H2,1-2H3. The van der Waals surface area contributed by atoms with E-state index in [4.69, 9.17) is 0 Å². The lowest BCUT2D eigenvalue weighted by atomic mass is 10.1. The molecule has 0 saturated heterocycles. The lowest BCUT2D eigenvalue weighted by Gasteiger charge is -2.03. The molecule has 0 aliphatic rings. The predicted molar refractivity (Wildman–Crippen MR) is 44.7 cm³/mol. The SMILES string of the molecule is COC(=O)Cc1ccnc(F)c1C. The third-order valence-electron chi connectivity index (χ3n) is 1.82. The van der Waals surface area contributed by atoms with E-state index in [2.05, 4.69) is 9.72 Å². The van der Waals surface area contributed by atoms with E-state index in [0.29, 0.717) is 11.1 Å². The molecule has 4 heteroatoms. The van der Waals surface area contributed by atoms with Gasteiger partial charge in [-0.2, -0.15) is 4.39 Å². The molecule has 0 aliphatic carbocycles. The van der Waals surface area contributed by atoms with Crippen molar-refractivity contribution >= 4 is 5.97 Å². The molecule has 0 N–H and O–H groups in total. The van der Waals surface area contributed by atoms with Crippen molar-refractivity contribution < 1.29 is 13.9 Å². The smallest absolute Gasteiger partial charge is 0.309 e. The zero-order valence-corrected chi connectivity index (χ0v) is 7.50. The van der Waals surface area contributed by atoms with Gasteiger partial charge in [-0.3, -0.25) is 4.79 Å². The van der Waals surface area contributed by atoms with Crippen molar-refractivity contribution in [1.29, 1.82) is 0 Å². The Labute approximate surface area is 75.6 Å². The third-order valence-corrected chi connectivity index (χ3v) is 1.82. The Balaban J connectivity index is 2.89. The molecule has 1 aromatic heterocycles. The molecule has 1 heterocycles. The number of ether oxygens (including phenoxy) is 1. The summed E-state index contributed by atoms with van der Waals surface area (Å²) in [5.74, 6) is -0.921. The molecular formula is C9H10FNO2. The fourth-order valence-electron chi connectivity index (χ4n) is 0.966. The summed E-state index contributed by atoms with van der Waals surface area (Å²) in [6, 6.07) is 1.61. The molecule has 0 spiro atoms. The summed E-state index contributed by atoms with van der Waals surface area (Å²) in [4.78, 5) is 14.3. The van der Waals surface area contributed by atoms with Crippen LogP contribution in [0.15, 0.2) is 12.3 Å². The number of pyridine rings is 1. The van der Waals surface area contributed by atoms with Crippen LogP contribution >= 0.6 is 0 Å². The Morgan fingerprint density at radius 3 is 3.00 bits per heavy atom. The molecule has 0 bridgehead atoms. The van der Waals surface area contributed by atoms with Gasteiger partial charge in [0.25, 0.3) is 0 Å². The Morgan fingerprint density at radius 1 is 1.69 bits per heavy atom. The van der Waals surface area contributed by atoms with Crippen LogP contribution in [0.1, 0.15) is 11.1 Å². The summed E-state index contributed by atoms with van der Waals surface area (Å²) in [5.41, 5.74) is 1.01. The second kappa shape index (κ2) is 3.98. The molecule has 3 nitrogen and oxygen atoms in total. The van der Waals surface area contributed by atoms with Crippen molar-refractivity contribution in [1.82, 2.24) is 4.98 Å². The number of nitrogens with zero attached hydrogens (tertiary/aromatic N) is 1. The number of rotatable bonds is 2. The normalized spacial score (nSPS) is 9.77. The van der Waals surface area contributed by atoms with Crippen molar-refractivity contribution in [2.75, 3.05) is 7.11 Å². The van der Waals surface area contributed by atoms with Gasteiger partial charge in [0, 0.05) is 11.8 Å². The first-order valence-electron chi connectivity index (χ1n) is 3.82. The molecule has 1 aromatic rings. The van der Waals surface area contributed by atoms with Crippen LogP contribution in [-0.4, -0.2) is 18.1 Å². The largest absolute Gasteiger partial charge is 0.469 e. The van der Waals surface area contributed by atoms with Gasteiger partial charge in [-0.05, 0) is 18.6 Å². The van der Waals surface area contributed by atoms with E-state index in [1.54, 1.807) is 13.0 Å². The quantitative estimate of drug-likeness (QED) is 0.511. The van der Waals surface area contributed by atoms with Gasteiger partial charge in [0.2, 0.25) is 5.95 Å². The summed E-state index contributed by atoms with van der Waals surface area (Å²) in [7, 11) is 1.30. The van der Waals surface area contributed by atoms with Crippen LogP contribution in [0, 0.1) is 12.9 Å². The van der Waals surface area contributed by atoms with Gasteiger partial charge in [0.15, 0.2) is 0 Å². The van der Waals surface area contributed by atoms with Crippen molar-refractivity contribution in [3.05, 3.63) is 29.3 Å². The third kappa shape index (κ3) is 2.24. The van der Waals surface area contributed by atoms with E-state index in [-0.39, 0.29) is 12.4 Å². The van der Waals surface area contributed by atoms with Crippen molar-refractivity contribution in [2.45, 2.75) is 13.3 Å². The predicted octanol–water partition coefficient (Wildman–Crippen LogP) is 1.24. The fraction of sp³-hybridized carbons (Fsp3) is 0.333. The molecule has 13 heavy (non-hydrogen) atoms. The summed E-state index contributed by atoms with van der Waals surface area (Å²) < 4.78 is 17.3. The maximum absolute atomic E-state index is 12.9. The minimum Gasteiger partial charge on any atom is -0.469 e. The minimum atomic E-state index is -0.540. The van der Waals surface area contributed by atoms with E-state index in [1.807, 2.05) is 0 Å². The fourth-order valence-corrected chi connectivity index (χ4v) is 0.966. The van der Waals surface area contributed by atoms with Gasteiger partial charge in [0.1, 0.15) is 0 Å². The molecule has 0 aliphatic heterocycles. The van der Waals surface area contributed by atoms with E-state index >= 15 is 0 Å². The van der Waals surface area contributed by atoms with Crippen LogP contribution in [0.2, 0.25) is 0 Å². The Morgan fingerprint density at radius 2 is 2.38 bits per heavy atom. The first kappa shape index (κ1) is 9.64. The lowest BCUT2D eigenvalue weighted by Crippen LogP contribution is -2.07. The van der Waals surface area contributed by atoms with Crippen LogP contribution in [0.5, 0.6) is 0 Å². The molecule has 1 rings (SSSR count). The molecule has 0 fully saturated rings. The number of hydrogen-bond acceptors (Lipinski definition) is 3. The van der Waals surface area contributed by atoms with Crippen LogP contribution in [0.4, 0.5) is 4.39 Å². The van der Waals surface area contributed by atoms with Gasteiger partial charge in [-0.25, -0.2) is 4.98 Å². The molecule has 0 radical (unpaired) electrons. The van der Waals surface area contributed by atoms with Crippen molar-refractivity contribution in [3.8, 4) is 0 Å². The summed E-state index contributed by atoms with van der Waals surface area (Å²) in [6.07, 6.45) is 1.42. The van der Waals surface area contributed by atoms with Crippen molar-refractivity contribution in [3.63, 3.8) is 0 Å². The van der Waals surface area contributed by atoms with E-state index in [9.17, 15) is 9.18 Å². The molecule has 0 aromatic carbocycles. The van der Waals surface area contributed by atoms with Gasteiger partial charge in [-0.1, -0.05) is 0 Å². The topological polar surface area (TPSA) is 39.2 Å². The molecular weight excluding hydrogens is 173 g/mol. The molecule has 0 atom stereocenters. The summed E-state index contributed by atoms with van der Waals surface area (Å²) >= 11 is 0. The molecule has 0 unspecified atom stereocenters. The number of carbonyl (C=O) groups excluding carboxylic acids is 1. The first-order valence-corrected chi connectivity index (χ1v) is 3.82. The van der Waals surface area contributed by atoms with Gasteiger partial charge >= 0.3 is 5.97 Å². The Hall–Kier alpha value is -1.45. The second-order valence-electron chi connectivity index (χ2n) is 2.64. The van der Waals surface area contributed by atoms with E-state index in [0.717, 1.165) is 0 Å². The Kier molecular flexibility index (Phi) is 2.95. The van der Waals surface area contributed by atoms with Gasteiger partial charge in [0.05, 0.1) is 13.5 Å². The second-order valence-corrected chi connectivity index (χ2v) is 2.64. The summed E-state index contributed by atoms with van der Waals surface area (Å²) in [6.45, 7) is 1.58. The summed E-state index contributed by atoms with van der Waals surface area (Å²) in [5, 5.41) is 0. The maximum Gasteiger partial charge on any atom is 0.309 e. The molecule has 70 valence electrons. The molecule has 0 amide bonds. The monoisotopic (exact) mass is 183 g/mol. The highest BCUT2D eigenvalue weighted by atomic mass is 19.1. The first-order chi connectivity index (χ1) is 6.15.